The van der Waals surface area contributed by atoms with Gasteiger partial charge < -0.3 is 19.5 Å². The van der Waals surface area contributed by atoms with Gasteiger partial charge in [-0.3, -0.25) is 4.79 Å². The predicted octanol–water partition coefficient (Wildman–Crippen LogP) is 3.65. The maximum Gasteiger partial charge on any atom is 0.234 e. The van der Waals surface area contributed by atoms with Crippen molar-refractivity contribution >= 4 is 5.91 Å². The Morgan fingerprint density at radius 2 is 1.76 bits per heavy atom. The van der Waals surface area contributed by atoms with E-state index in [1.54, 1.807) is 7.11 Å². The first kappa shape index (κ1) is 22.1. The molecule has 0 atom stereocenters. The number of hydrogen-bond acceptors (Lipinski definition) is 5. The summed E-state index contributed by atoms with van der Waals surface area (Å²) in [5.41, 5.74) is 4.46. The van der Waals surface area contributed by atoms with E-state index in [4.69, 9.17) is 19.5 Å². The average Bonchev–Trinajstić information content (AvgIpc) is 2.71. The zero-order chi connectivity index (χ0) is 21.2. The summed E-state index contributed by atoms with van der Waals surface area (Å²) < 4.78 is 17.2. The van der Waals surface area contributed by atoms with Crippen LogP contribution in [0, 0.1) is 32.1 Å². The van der Waals surface area contributed by atoms with Crippen LogP contribution in [-0.4, -0.2) is 32.8 Å². The van der Waals surface area contributed by atoms with Crippen molar-refractivity contribution in [3.05, 3.63) is 52.6 Å². The van der Waals surface area contributed by atoms with Crippen LogP contribution >= 0.6 is 0 Å². The molecule has 0 aliphatic rings. The Kier molecular flexibility index (Phi) is 8.35. The summed E-state index contributed by atoms with van der Waals surface area (Å²) >= 11 is 0. The predicted molar refractivity (Wildman–Crippen MR) is 112 cm³/mol. The molecule has 0 radical (unpaired) electrons. The van der Waals surface area contributed by atoms with Crippen molar-refractivity contribution in [3.8, 4) is 23.3 Å². The van der Waals surface area contributed by atoms with Crippen LogP contribution in [0.4, 0.5) is 0 Å². The van der Waals surface area contributed by atoms with Crippen molar-refractivity contribution in [1.82, 2.24) is 5.32 Å². The summed E-state index contributed by atoms with van der Waals surface area (Å²) in [6, 6.07) is 11.7. The molecule has 0 aromatic heterocycles. The first-order valence-electron chi connectivity index (χ1n) is 9.59. The van der Waals surface area contributed by atoms with E-state index in [1.165, 1.54) is 5.56 Å². The summed E-state index contributed by atoms with van der Waals surface area (Å²) in [5, 5.41) is 11.2. The molecule has 0 aliphatic carbocycles. The van der Waals surface area contributed by atoms with E-state index >= 15 is 0 Å². The van der Waals surface area contributed by atoms with Gasteiger partial charge in [-0.15, -0.1) is 0 Å². The molecule has 2 aromatic rings. The Morgan fingerprint density at radius 1 is 1.03 bits per heavy atom. The summed E-state index contributed by atoms with van der Waals surface area (Å²) in [6.07, 6.45) is 0.516. The number of amides is 1. The first-order chi connectivity index (χ1) is 14.0. The summed E-state index contributed by atoms with van der Waals surface area (Å²) in [6.45, 7) is 7.45. The lowest BCUT2D eigenvalue weighted by molar-refractivity contribution is -0.120. The van der Waals surface area contributed by atoms with Crippen LogP contribution in [0.25, 0.3) is 0 Å². The zero-order valence-corrected chi connectivity index (χ0v) is 17.5. The highest BCUT2D eigenvalue weighted by molar-refractivity contribution is 5.77. The van der Waals surface area contributed by atoms with E-state index < -0.39 is 0 Å². The summed E-state index contributed by atoms with van der Waals surface area (Å²) in [7, 11) is 1.59. The van der Waals surface area contributed by atoms with Crippen molar-refractivity contribution < 1.29 is 19.0 Å². The third-order valence-electron chi connectivity index (χ3n) is 4.66. The van der Waals surface area contributed by atoms with Crippen molar-refractivity contribution in [2.75, 3.05) is 26.9 Å². The van der Waals surface area contributed by atoms with Crippen LogP contribution in [0.1, 0.15) is 28.7 Å². The van der Waals surface area contributed by atoms with Crippen molar-refractivity contribution in [2.24, 2.45) is 0 Å². The molecule has 2 aromatic carbocycles. The summed E-state index contributed by atoms with van der Waals surface area (Å²) in [4.78, 5) is 11.3. The minimum absolute atomic E-state index is 0.125. The SMILES string of the molecule is COc1cc(CCNC(=O)CC#N)ccc1OCCOc1c(C)ccc(C)c1C. The van der Waals surface area contributed by atoms with Crippen LogP contribution in [-0.2, 0) is 11.2 Å². The number of nitrogens with one attached hydrogen (secondary N) is 1. The Morgan fingerprint density at radius 3 is 2.48 bits per heavy atom. The topological polar surface area (TPSA) is 80.6 Å². The van der Waals surface area contributed by atoms with E-state index in [0.29, 0.717) is 37.7 Å². The van der Waals surface area contributed by atoms with Crippen LogP contribution in [0.3, 0.4) is 0 Å². The summed E-state index contributed by atoms with van der Waals surface area (Å²) in [5.74, 6) is 1.92. The molecule has 0 saturated carbocycles. The van der Waals surface area contributed by atoms with Crippen molar-refractivity contribution in [2.45, 2.75) is 33.6 Å². The average molecular weight is 396 g/mol. The van der Waals surface area contributed by atoms with Gasteiger partial charge in [-0.2, -0.15) is 5.26 Å². The van der Waals surface area contributed by atoms with E-state index in [0.717, 1.165) is 22.4 Å². The van der Waals surface area contributed by atoms with Crippen molar-refractivity contribution in [3.63, 3.8) is 0 Å². The molecule has 0 fully saturated rings. The second-order valence-electron chi connectivity index (χ2n) is 6.77. The Balaban J connectivity index is 1.87. The van der Waals surface area contributed by atoms with Gasteiger partial charge in [0, 0.05) is 6.54 Å². The van der Waals surface area contributed by atoms with E-state index in [9.17, 15) is 4.79 Å². The van der Waals surface area contributed by atoms with Crippen LogP contribution < -0.4 is 19.5 Å². The molecule has 0 unspecified atom stereocenters. The quantitative estimate of drug-likeness (QED) is 0.620. The molecule has 1 N–H and O–H groups in total. The van der Waals surface area contributed by atoms with E-state index in [2.05, 4.69) is 31.3 Å². The first-order valence-corrected chi connectivity index (χ1v) is 9.59. The molecule has 0 aliphatic heterocycles. The van der Waals surface area contributed by atoms with Gasteiger partial charge in [-0.25, -0.2) is 0 Å². The maximum atomic E-state index is 11.3. The molecule has 0 heterocycles. The number of aryl methyl sites for hydroxylation is 2. The largest absolute Gasteiger partial charge is 0.493 e. The second-order valence-corrected chi connectivity index (χ2v) is 6.77. The molecular formula is C23H28N2O4. The van der Waals surface area contributed by atoms with Crippen molar-refractivity contribution in [1.29, 1.82) is 5.26 Å². The maximum absolute atomic E-state index is 11.3. The normalized spacial score (nSPS) is 10.2. The molecule has 0 spiro atoms. The highest BCUT2D eigenvalue weighted by Crippen LogP contribution is 2.29. The second kappa shape index (κ2) is 11.0. The monoisotopic (exact) mass is 396 g/mol. The molecular weight excluding hydrogens is 368 g/mol. The Labute approximate surface area is 172 Å². The lowest BCUT2D eigenvalue weighted by Crippen LogP contribution is -2.24. The molecule has 0 bridgehead atoms. The Bertz CT molecular complexity index is 887. The van der Waals surface area contributed by atoms with E-state index in [1.807, 2.05) is 31.2 Å². The number of rotatable bonds is 10. The number of ether oxygens (including phenoxy) is 3. The minimum atomic E-state index is -0.265. The fourth-order valence-electron chi connectivity index (χ4n) is 2.91. The van der Waals surface area contributed by atoms with Gasteiger partial charge in [0.2, 0.25) is 5.91 Å². The highest BCUT2D eigenvalue weighted by Gasteiger charge is 2.09. The number of nitrogens with zero attached hydrogens (tertiary/aromatic N) is 1. The molecule has 154 valence electrons. The van der Waals surface area contributed by atoms with Gasteiger partial charge in [0.15, 0.2) is 11.5 Å². The molecule has 6 heteroatoms. The molecule has 2 rings (SSSR count). The number of carbonyl (C=O) groups excluding carboxylic acids is 1. The number of carbonyl (C=O) groups is 1. The smallest absolute Gasteiger partial charge is 0.234 e. The molecule has 29 heavy (non-hydrogen) atoms. The molecule has 0 saturated heterocycles. The number of hydrogen-bond donors (Lipinski definition) is 1. The minimum Gasteiger partial charge on any atom is -0.493 e. The third-order valence-corrected chi connectivity index (χ3v) is 4.66. The lowest BCUT2D eigenvalue weighted by Gasteiger charge is -2.15. The fraction of sp³-hybridized carbons (Fsp3) is 0.391. The Hall–Kier alpha value is -3.20. The number of methoxy groups -OCH3 is 1. The van der Waals surface area contributed by atoms with Crippen LogP contribution in [0.15, 0.2) is 30.3 Å². The zero-order valence-electron chi connectivity index (χ0n) is 17.5. The highest BCUT2D eigenvalue weighted by atomic mass is 16.5. The van der Waals surface area contributed by atoms with E-state index in [-0.39, 0.29) is 12.3 Å². The van der Waals surface area contributed by atoms with Gasteiger partial charge in [-0.05, 0) is 61.6 Å². The van der Waals surface area contributed by atoms with Gasteiger partial charge >= 0.3 is 0 Å². The van der Waals surface area contributed by atoms with Gasteiger partial charge in [0.1, 0.15) is 25.4 Å². The number of benzene rings is 2. The third kappa shape index (κ3) is 6.42. The molecule has 1 amide bonds. The standard InChI is InChI=1S/C23H28N2O4/c1-16-5-6-17(2)23(18(16)3)29-14-13-28-20-8-7-19(15-21(20)27-4)10-12-25-22(26)9-11-24/h5-8,15H,9-10,12-14H2,1-4H3,(H,25,26). The van der Waals surface area contributed by atoms with Gasteiger partial charge in [0.25, 0.3) is 0 Å². The number of nitriles is 1. The van der Waals surface area contributed by atoms with Gasteiger partial charge in [0.05, 0.1) is 13.2 Å². The van der Waals surface area contributed by atoms with Crippen LogP contribution in [0.5, 0.6) is 17.2 Å². The molecule has 6 nitrogen and oxygen atoms in total. The van der Waals surface area contributed by atoms with Gasteiger partial charge in [-0.1, -0.05) is 18.2 Å². The van der Waals surface area contributed by atoms with Crippen LogP contribution in [0.2, 0.25) is 0 Å². The lowest BCUT2D eigenvalue weighted by atomic mass is 10.1. The fourth-order valence-corrected chi connectivity index (χ4v) is 2.91.